The minimum absolute atomic E-state index is 0.0878. The molecule has 0 unspecified atom stereocenters. The molecule has 1 atom stereocenters. The Labute approximate surface area is 117 Å². The van der Waals surface area contributed by atoms with E-state index in [0.717, 1.165) is 0 Å². The quantitative estimate of drug-likeness (QED) is 0.570. The number of rotatable bonds is 6. The summed E-state index contributed by atoms with van der Waals surface area (Å²) in [5, 5.41) is 11.1. The van der Waals surface area contributed by atoms with Gasteiger partial charge in [-0.15, -0.1) is 0 Å². The Hall–Kier alpha value is -2.05. The predicted octanol–water partition coefficient (Wildman–Crippen LogP) is 1.82. The number of aliphatic carboxylic acids is 1. The zero-order valence-corrected chi connectivity index (χ0v) is 12.2. The molecule has 0 aliphatic carbocycles. The Kier molecular flexibility index (Phi) is 6.75. The van der Waals surface area contributed by atoms with Crippen LogP contribution in [0.3, 0.4) is 0 Å². The SMILES string of the molecule is C=C(C)OC(=O)N[C@@H](CCC(=O)OC(C)(C)C)C(=O)O. The number of hydrogen-bond acceptors (Lipinski definition) is 5. The first kappa shape index (κ1) is 17.9. The molecule has 0 fully saturated rings. The van der Waals surface area contributed by atoms with E-state index in [1.807, 2.05) is 0 Å². The molecule has 114 valence electrons. The van der Waals surface area contributed by atoms with Gasteiger partial charge >= 0.3 is 18.0 Å². The number of nitrogens with one attached hydrogen (secondary N) is 1. The summed E-state index contributed by atoms with van der Waals surface area (Å²) in [5.74, 6) is -1.65. The van der Waals surface area contributed by atoms with Crippen molar-refractivity contribution in [2.24, 2.45) is 0 Å². The average molecular weight is 287 g/mol. The Morgan fingerprint density at radius 1 is 1.30 bits per heavy atom. The van der Waals surface area contributed by atoms with E-state index in [9.17, 15) is 14.4 Å². The summed E-state index contributed by atoms with van der Waals surface area (Å²) in [7, 11) is 0. The normalized spacial score (nSPS) is 12.2. The van der Waals surface area contributed by atoms with Gasteiger partial charge in [0.1, 0.15) is 11.6 Å². The van der Waals surface area contributed by atoms with E-state index < -0.39 is 29.7 Å². The minimum atomic E-state index is -1.26. The third kappa shape index (κ3) is 8.96. The van der Waals surface area contributed by atoms with Crippen LogP contribution in [-0.2, 0) is 19.1 Å². The fraction of sp³-hybridized carbons (Fsp3) is 0.615. The molecule has 0 radical (unpaired) electrons. The number of carbonyl (C=O) groups is 3. The first-order valence-corrected chi connectivity index (χ1v) is 6.10. The van der Waals surface area contributed by atoms with E-state index in [2.05, 4.69) is 16.6 Å². The van der Waals surface area contributed by atoms with Crippen molar-refractivity contribution in [1.29, 1.82) is 0 Å². The summed E-state index contributed by atoms with van der Waals surface area (Å²) < 4.78 is 9.64. The molecule has 1 amide bonds. The maximum atomic E-state index is 11.5. The van der Waals surface area contributed by atoms with Gasteiger partial charge in [0.25, 0.3) is 0 Å². The van der Waals surface area contributed by atoms with Gasteiger partial charge < -0.3 is 19.9 Å². The Morgan fingerprint density at radius 3 is 2.25 bits per heavy atom. The zero-order valence-electron chi connectivity index (χ0n) is 12.2. The third-order valence-corrected chi connectivity index (χ3v) is 1.91. The molecule has 0 aliphatic rings. The second-order valence-electron chi connectivity index (χ2n) is 5.25. The fourth-order valence-corrected chi connectivity index (χ4v) is 1.24. The molecular weight excluding hydrogens is 266 g/mol. The van der Waals surface area contributed by atoms with Crippen molar-refractivity contribution in [3.63, 3.8) is 0 Å². The molecule has 0 saturated heterocycles. The van der Waals surface area contributed by atoms with Crippen molar-refractivity contribution in [2.75, 3.05) is 0 Å². The van der Waals surface area contributed by atoms with Crippen molar-refractivity contribution in [1.82, 2.24) is 5.32 Å². The van der Waals surface area contributed by atoms with Crippen LogP contribution in [0.25, 0.3) is 0 Å². The molecule has 0 aliphatic heterocycles. The minimum Gasteiger partial charge on any atom is -0.480 e. The first-order chi connectivity index (χ1) is 9.01. The number of hydrogen-bond donors (Lipinski definition) is 2. The summed E-state index contributed by atoms with van der Waals surface area (Å²) in [5.41, 5.74) is -0.637. The van der Waals surface area contributed by atoms with Gasteiger partial charge in [-0.25, -0.2) is 9.59 Å². The maximum Gasteiger partial charge on any atom is 0.412 e. The molecule has 0 aromatic rings. The topological polar surface area (TPSA) is 102 Å². The lowest BCUT2D eigenvalue weighted by Gasteiger charge is -2.20. The Morgan fingerprint density at radius 2 is 1.85 bits per heavy atom. The van der Waals surface area contributed by atoms with Crippen LogP contribution < -0.4 is 5.32 Å². The Bertz CT molecular complexity index is 396. The van der Waals surface area contributed by atoms with Gasteiger partial charge in [0.05, 0.1) is 5.76 Å². The number of amides is 1. The maximum absolute atomic E-state index is 11.5. The van der Waals surface area contributed by atoms with Gasteiger partial charge in [-0.05, 0) is 34.1 Å². The molecule has 7 heteroatoms. The van der Waals surface area contributed by atoms with Crippen LogP contribution >= 0.6 is 0 Å². The highest BCUT2D eigenvalue weighted by atomic mass is 16.6. The van der Waals surface area contributed by atoms with Crippen LogP contribution in [0.4, 0.5) is 4.79 Å². The molecular formula is C13H21NO6. The predicted molar refractivity (Wildman–Crippen MR) is 70.9 cm³/mol. The first-order valence-electron chi connectivity index (χ1n) is 6.10. The molecule has 7 nitrogen and oxygen atoms in total. The van der Waals surface area contributed by atoms with Gasteiger partial charge in [0.15, 0.2) is 0 Å². The monoisotopic (exact) mass is 287 g/mol. The number of carbonyl (C=O) groups excluding carboxylic acids is 2. The third-order valence-electron chi connectivity index (χ3n) is 1.91. The van der Waals surface area contributed by atoms with Crippen LogP contribution in [0.5, 0.6) is 0 Å². The smallest absolute Gasteiger partial charge is 0.412 e. The van der Waals surface area contributed by atoms with E-state index in [-0.39, 0.29) is 18.6 Å². The zero-order chi connectivity index (χ0) is 15.9. The summed E-state index contributed by atoms with van der Waals surface area (Å²) in [4.78, 5) is 33.7. The van der Waals surface area contributed by atoms with Crippen LogP contribution in [0.2, 0.25) is 0 Å². The number of allylic oxidation sites excluding steroid dienone is 1. The number of esters is 1. The number of carboxylic acids is 1. The second-order valence-corrected chi connectivity index (χ2v) is 5.25. The van der Waals surface area contributed by atoms with Crippen LogP contribution in [0.15, 0.2) is 12.3 Å². The van der Waals surface area contributed by atoms with Crippen molar-refractivity contribution in [3.8, 4) is 0 Å². The summed E-state index contributed by atoms with van der Waals surface area (Å²) in [6, 6.07) is -1.23. The van der Waals surface area contributed by atoms with Crippen molar-refractivity contribution >= 4 is 18.0 Å². The van der Waals surface area contributed by atoms with E-state index in [4.69, 9.17) is 9.84 Å². The van der Waals surface area contributed by atoms with E-state index >= 15 is 0 Å². The molecule has 0 rings (SSSR count). The highest BCUT2D eigenvalue weighted by Crippen LogP contribution is 2.10. The molecule has 0 aromatic carbocycles. The second kappa shape index (κ2) is 7.52. The lowest BCUT2D eigenvalue weighted by atomic mass is 10.1. The van der Waals surface area contributed by atoms with Gasteiger partial charge in [0.2, 0.25) is 0 Å². The van der Waals surface area contributed by atoms with Crippen molar-refractivity contribution in [2.45, 2.75) is 52.2 Å². The molecule has 0 aromatic heterocycles. The van der Waals surface area contributed by atoms with Crippen LogP contribution in [0.1, 0.15) is 40.5 Å². The molecule has 0 heterocycles. The lowest BCUT2D eigenvalue weighted by Crippen LogP contribution is -2.41. The average Bonchev–Trinajstić information content (AvgIpc) is 2.19. The Balaban J connectivity index is 4.36. The van der Waals surface area contributed by atoms with Crippen LogP contribution in [-0.4, -0.2) is 34.8 Å². The largest absolute Gasteiger partial charge is 0.480 e. The molecule has 0 saturated carbocycles. The number of carboxylic acid groups (broad SMARTS) is 1. The van der Waals surface area contributed by atoms with Gasteiger partial charge in [0, 0.05) is 6.42 Å². The van der Waals surface area contributed by atoms with E-state index in [0.29, 0.717) is 0 Å². The summed E-state index contributed by atoms with van der Waals surface area (Å²) >= 11 is 0. The van der Waals surface area contributed by atoms with E-state index in [1.165, 1.54) is 6.92 Å². The van der Waals surface area contributed by atoms with Crippen molar-refractivity contribution in [3.05, 3.63) is 12.3 Å². The fourth-order valence-electron chi connectivity index (χ4n) is 1.24. The highest BCUT2D eigenvalue weighted by Gasteiger charge is 2.23. The molecule has 2 N–H and O–H groups in total. The highest BCUT2D eigenvalue weighted by molar-refractivity contribution is 5.81. The molecule has 0 spiro atoms. The number of ether oxygens (including phenoxy) is 2. The number of alkyl carbamates (subject to hydrolysis) is 1. The van der Waals surface area contributed by atoms with Gasteiger partial charge in [-0.2, -0.15) is 0 Å². The van der Waals surface area contributed by atoms with Gasteiger partial charge in [-0.1, -0.05) is 6.58 Å². The van der Waals surface area contributed by atoms with Crippen LogP contribution in [0, 0.1) is 0 Å². The lowest BCUT2D eigenvalue weighted by molar-refractivity contribution is -0.155. The summed E-state index contributed by atoms with van der Waals surface area (Å²) in [6.45, 7) is 9.94. The van der Waals surface area contributed by atoms with Gasteiger partial charge in [-0.3, -0.25) is 4.79 Å². The van der Waals surface area contributed by atoms with Crippen molar-refractivity contribution < 1.29 is 29.0 Å². The molecule has 20 heavy (non-hydrogen) atoms. The van der Waals surface area contributed by atoms with E-state index in [1.54, 1.807) is 20.8 Å². The molecule has 0 bridgehead atoms. The summed E-state index contributed by atoms with van der Waals surface area (Å²) in [6.07, 6.45) is -1.13. The standard InChI is InChI=1S/C13H21NO6/c1-8(2)19-12(18)14-9(11(16)17)6-7-10(15)20-13(3,4)5/h9H,1,6-7H2,2-5H3,(H,14,18)(H,16,17)/t9-/m0/s1.